The van der Waals surface area contributed by atoms with Crippen molar-refractivity contribution in [3.8, 4) is 0 Å². The molecule has 0 saturated carbocycles. The quantitative estimate of drug-likeness (QED) is 0.786. The lowest BCUT2D eigenvalue weighted by atomic mass is 9.79. The predicted molar refractivity (Wildman–Crippen MR) is 75.9 cm³/mol. The first kappa shape index (κ1) is 14.5. The number of hydrogen-bond donors (Lipinski definition) is 1. The van der Waals surface area contributed by atoms with Crippen molar-refractivity contribution < 1.29 is 9.53 Å². The van der Waals surface area contributed by atoms with E-state index >= 15 is 0 Å². The standard InChI is InChI=1S/C15H26N2O2/c1-11-5-4-6-12(2)13(11)9-17-7-8-19-14(10-17)15(18)16-3/h5,12-14H,4,6-10H2,1-3H3,(H,16,18)/t12-,13-,14-/m0/s1. The van der Waals surface area contributed by atoms with Crippen LogP contribution in [0.3, 0.4) is 0 Å². The smallest absolute Gasteiger partial charge is 0.250 e. The van der Waals surface area contributed by atoms with E-state index in [4.69, 9.17) is 4.74 Å². The molecule has 0 radical (unpaired) electrons. The Morgan fingerprint density at radius 1 is 1.58 bits per heavy atom. The average Bonchev–Trinajstić information content (AvgIpc) is 2.42. The summed E-state index contributed by atoms with van der Waals surface area (Å²) in [6.07, 6.45) is 4.57. The molecular weight excluding hydrogens is 240 g/mol. The zero-order valence-electron chi connectivity index (χ0n) is 12.3. The number of ether oxygens (including phenoxy) is 1. The number of morpholine rings is 1. The minimum Gasteiger partial charge on any atom is -0.366 e. The zero-order valence-corrected chi connectivity index (χ0v) is 12.3. The maximum atomic E-state index is 11.7. The lowest BCUT2D eigenvalue weighted by Gasteiger charge is -2.37. The van der Waals surface area contributed by atoms with Crippen molar-refractivity contribution in [3.05, 3.63) is 11.6 Å². The van der Waals surface area contributed by atoms with Crippen LogP contribution in [0.1, 0.15) is 26.7 Å². The van der Waals surface area contributed by atoms with Crippen LogP contribution < -0.4 is 5.32 Å². The highest BCUT2D eigenvalue weighted by Gasteiger charge is 2.30. The maximum absolute atomic E-state index is 11.7. The Morgan fingerprint density at radius 2 is 2.37 bits per heavy atom. The summed E-state index contributed by atoms with van der Waals surface area (Å²) in [5.41, 5.74) is 1.52. The minimum absolute atomic E-state index is 0.00587. The number of nitrogens with zero attached hydrogens (tertiary/aromatic N) is 1. The number of hydrogen-bond acceptors (Lipinski definition) is 3. The van der Waals surface area contributed by atoms with Gasteiger partial charge in [-0.1, -0.05) is 18.6 Å². The molecule has 0 aromatic heterocycles. The zero-order chi connectivity index (χ0) is 13.8. The van der Waals surface area contributed by atoms with Gasteiger partial charge in [-0.2, -0.15) is 0 Å². The Balaban J connectivity index is 1.93. The van der Waals surface area contributed by atoms with Crippen LogP contribution in [-0.2, 0) is 9.53 Å². The van der Waals surface area contributed by atoms with Crippen molar-refractivity contribution in [1.29, 1.82) is 0 Å². The molecule has 1 fully saturated rings. The average molecular weight is 266 g/mol. The van der Waals surface area contributed by atoms with Crippen molar-refractivity contribution in [2.45, 2.75) is 32.8 Å². The second-order valence-corrected chi connectivity index (χ2v) is 5.84. The van der Waals surface area contributed by atoms with Gasteiger partial charge in [-0.3, -0.25) is 9.69 Å². The number of amides is 1. The Hall–Kier alpha value is -0.870. The van der Waals surface area contributed by atoms with E-state index in [-0.39, 0.29) is 12.0 Å². The summed E-state index contributed by atoms with van der Waals surface area (Å²) in [6, 6.07) is 0. The molecule has 2 rings (SSSR count). The summed E-state index contributed by atoms with van der Waals surface area (Å²) < 4.78 is 5.54. The predicted octanol–water partition coefficient (Wildman–Crippen LogP) is 1.43. The van der Waals surface area contributed by atoms with Crippen molar-refractivity contribution in [3.63, 3.8) is 0 Å². The molecule has 1 aliphatic heterocycles. The molecule has 0 aromatic rings. The molecule has 4 nitrogen and oxygen atoms in total. The molecule has 19 heavy (non-hydrogen) atoms. The Bertz CT molecular complexity index is 354. The third kappa shape index (κ3) is 3.57. The monoisotopic (exact) mass is 266 g/mol. The van der Waals surface area contributed by atoms with Crippen molar-refractivity contribution >= 4 is 5.91 Å². The highest BCUT2D eigenvalue weighted by atomic mass is 16.5. The van der Waals surface area contributed by atoms with E-state index < -0.39 is 0 Å². The van der Waals surface area contributed by atoms with Gasteiger partial charge in [-0.15, -0.1) is 0 Å². The summed E-state index contributed by atoms with van der Waals surface area (Å²) in [4.78, 5) is 14.0. The lowest BCUT2D eigenvalue weighted by Crippen LogP contribution is -2.50. The Kier molecular flexibility index (Phi) is 4.99. The van der Waals surface area contributed by atoms with Gasteiger partial charge in [0.2, 0.25) is 5.91 Å². The van der Waals surface area contributed by atoms with Gasteiger partial charge in [0.15, 0.2) is 0 Å². The molecule has 1 saturated heterocycles. The topological polar surface area (TPSA) is 41.6 Å². The van der Waals surface area contributed by atoms with Gasteiger partial charge in [0.05, 0.1) is 6.61 Å². The molecule has 1 heterocycles. The maximum Gasteiger partial charge on any atom is 0.250 e. The Morgan fingerprint density at radius 3 is 3.05 bits per heavy atom. The third-order valence-electron chi connectivity index (χ3n) is 4.50. The van der Waals surface area contributed by atoms with E-state index in [1.807, 2.05) is 0 Å². The molecule has 2 aliphatic rings. The van der Waals surface area contributed by atoms with Gasteiger partial charge < -0.3 is 10.1 Å². The minimum atomic E-state index is -0.304. The van der Waals surface area contributed by atoms with Gasteiger partial charge in [0, 0.05) is 26.7 Å². The van der Waals surface area contributed by atoms with Gasteiger partial charge in [-0.05, 0) is 31.6 Å². The van der Waals surface area contributed by atoms with Crippen molar-refractivity contribution in [1.82, 2.24) is 10.2 Å². The fourth-order valence-corrected chi connectivity index (χ4v) is 3.17. The molecule has 0 unspecified atom stereocenters. The molecule has 0 spiro atoms. The Labute approximate surface area is 116 Å². The number of carbonyl (C=O) groups excluding carboxylic acids is 1. The summed E-state index contributed by atoms with van der Waals surface area (Å²) >= 11 is 0. The van der Waals surface area contributed by atoms with Crippen LogP contribution in [0, 0.1) is 11.8 Å². The van der Waals surface area contributed by atoms with Crippen LogP contribution >= 0.6 is 0 Å². The number of likely N-dealkylation sites (N-methyl/N-ethyl adjacent to an activating group) is 1. The van der Waals surface area contributed by atoms with Gasteiger partial charge in [0.1, 0.15) is 6.10 Å². The molecule has 1 amide bonds. The molecule has 1 N–H and O–H groups in total. The molecule has 4 heteroatoms. The van der Waals surface area contributed by atoms with E-state index in [9.17, 15) is 4.79 Å². The number of allylic oxidation sites excluding steroid dienone is 1. The number of carbonyl (C=O) groups is 1. The van der Waals surface area contributed by atoms with E-state index in [1.165, 1.54) is 18.4 Å². The molecule has 0 aromatic carbocycles. The molecule has 0 bridgehead atoms. The number of nitrogens with one attached hydrogen (secondary N) is 1. The first-order valence-electron chi connectivity index (χ1n) is 7.34. The SMILES string of the molecule is CNC(=O)[C@@H]1CN(C[C@H]2C(C)=CCC[C@@H]2C)CCO1. The van der Waals surface area contributed by atoms with E-state index in [0.29, 0.717) is 12.5 Å². The van der Waals surface area contributed by atoms with Crippen LogP contribution in [0.25, 0.3) is 0 Å². The van der Waals surface area contributed by atoms with E-state index in [0.717, 1.165) is 25.6 Å². The summed E-state index contributed by atoms with van der Waals surface area (Å²) in [6.45, 7) is 7.96. The fraction of sp³-hybridized carbons (Fsp3) is 0.800. The highest BCUT2D eigenvalue weighted by molar-refractivity contribution is 5.80. The van der Waals surface area contributed by atoms with Crippen molar-refractivity contribution in [2.24, 2.45) is 11.8 Å². The van der Waals surface area contributed by atoms with E-state index in [2.05, 4.69) is 30.1 Å². The van der Waals surface area contributed by atoms with Crippen LogP contribution in [0.2, 0.25) is 0 Å². The summed E-state index contributed by atoms with van der Waals surface area (Å²) in [7, 11) is 1.67. The van der Waals surface area contributed by atoms with Crippen LogP contribution in [-0.4, -0.2) is 50.2 Å². The fourth-order valence-electron chi connectivity index (χ4n) is 3.17. The first-order chi connectivity index (χ1) is 9.11. The largest absolute Gasteiger partial charge is 0.366 e. The second-order valence-electron chi connectivity index (χ2n) is 5.84. The third-order valence-corrected chi connectivity index (χ3v) is 4.50. The van der Waals surface area contributed by atoms with Gasteiger partial charge in [-0.25, -0.2) is 0 Å². The first-order valence-corrected chi connectivity index (χ1v) is 7.34. The second kappa shape index (κ2) is 6.53. The highest BCUT2D eigenvalue weighted by Crippen LogP contribution is 2.31. The van der Waals surface area contributed by atoms with Gasteiger partial charge in [0.25, 0.3) is 0 Å². The molecule has 108 valence electrons. The van der Waals surface area contributed by atoms with Gasteiger partial charge >= 0.3 is 0 Å². The van der Waals surface area contributed by atoms with Crippen LogP contribution in [0.4, 0.5) is 0 Å². The molecule has 1 aliphatic carbocycles. The van der Waals surface area contributed by atoms with Crippen LogP contribution in [0.15, 0.2) is 11.6 Å². The normalized spacial score (nSPS) is 32.8. The molecular formula is C15H26N2O2. The van der Waals surface area contributed by atoms with Crippen molar-refractivity contribution in [2.75, 3.05) is 33.3 Å². The molecule has 3 atom stereocenters. The number of rotatable bonds is 3. The summed E-state index contributed by atoms with van der Waals surface area (Å²) in [5, 5.41) is 2.67. The van der Waals surface area contributed by atoms with Crippen LogP contribution in [0.5, 0.6) is 0 Å². The summed E-state index contributed by atoms with van der Waals surface area (Å²) in [5.74, 6) is 1.37. The lowest BCUT2D eigenvalue weighted by molar-refractivity contribution is -0.138. The van der Waals surface area contributed by atoms with E-state index in [1.54, 1.807) is 7.05 Å².